The molecule has 1 unspecified atom stereocenters. The van der Waals surface area contributed by atoms with E-state index in [0.29, 0.717) is 23.1 Å². The fourth-order valence-corrected chi connectivity index (χ4v) is 2.33. The third kappa shape index (κ3) is 3.57. The Kier molecular flexibility index (Phi) is 4.91. The molecule has 0 fully saturated rings. The highest BCUT2D eigenvalue weighted by Gasteiger charge is 2.17. The molecule has 2 aromatic rings. The molecule has 0 saturated heterocycles. The van der Waals surface area contributed by atoms with Crippen LogP contribution in [0.5, 0.6) is 0 Å². The van der Waals surface area contributed by atoms with Crippen LogP contribution in [0, 0.1) is 24.4 Å². The minimum atomic E-state index is -0.619. The van der Waals surface area contributed by atoms with Crippen molar-refractivity contribution in [2.24, 2.45) is 0 Å². The third-order valence-corrected chi connectivity index (χ3v) is 3.73. The lowest BCUT2D eigenvalue weighted by Gasteiger charge is -2.18. The number of rotatable bonds is 4. The number of hydrogen-bond acceptors (Lipinski definition) is 1. The molecule has 0 bridgehead atoms. The van der Waals surface area contributed by atoms with Crippen LogP contribution in [0.4, 0.5) is 13.2 Å². The normalized spacial score (nSPS) is 12.5. The van der Waals surface area contributed by atoms with Crippen molar-refractivity contribution in [3.63, 3.8) is 0 Å². The molecular formula is C16H15ClF3N. The molecule has 0 amide bonds. The summed E-state index contributed by atoms with van der Waals surface area (Å²) in [4.78, 5) is 0. The Hall–Kier alpha value is -1.52. The fraction of sp³-hybridized carbons (Fsp3) is 0.250. The van der Waals surface area contributed by atoms with Gasteiger partial charge in [-0.3, -0.25) is 0 Å². The van der Waals surface area contributed by atoms with Crippen LogP contribution in [0.1, 0.15) is 22.7 Å². The van der Waals surface area contributed by atoms with E-state index in [4.69, 9.17) is 11.6 Å². The Bertz CT molecular complexity index is 658. The summed E-state index contributed by atoms with van der Waals surface area (Å²) in [6.07, 6.45) is 0.368. The van der Waals surface area contributed by atoms with Gasteiger partial charge in [-0.1, -0.05) is 17.7 Å². The van der Waals surface area contributed by atoms with Gasteiger partial charge < -0.3 is 5.32 Å². The molecule has 5 heteroatoms. The van der Waals surface area contributed by atoms with Crippen LogP contribution in [-0.2, 0) is 6.42 Å². The minimum Gasteiger partial charge on any atom is -0.313 e. The van der Waals surface area contributed by atoms with E-state index >= 15 is 0 Å². The number of nitrogens with one attached hydrogen (secondary N) is 1. The molecule has 1 N–H and O–H groups in total. The zero-order valence-corrected chi connectivity index (χ0v) is 12.4. The van der Waals surface area contributed by atoms with Crippen molar-refractivity contribution in [2.75, 3.05) is 7.05 Å². The van der Waals surface area contributed by atoms with E-state index in [2.05, 4.69) is 5.32 Å². The molecule has 0 aliphatic carbocycles. The number of hydrogen-bond donors (Lipinski definition) is 1. The lowest BCUT2D eigenvalue weighted by atomic mass is 9.97. The average molecular weight is 314 g/mol. The lowest BCUT2D eigenvalue weighted by molar-refractivity contribution is 0.518. The second-order valence-corrected chi connectivity index (χ2v) is 5.32. The molecule has 0 aliphatic rings. The van der Waals surface area contributed by atoms with E-state index in [-0.39, 0.29) is 11.1 Å². The summed E-state index contributed by atoms with van der Waals surface area (Å²) < 4.78 is 40.7. The van der Waals surface area contributed by atoms with Crippen molar-refractivity contribution in [1.29, 1.82) is 0 Å². The summed E-state index contributed by atoms with van der Waals surface area (Å²) in [7, 11) is 1.68. The van der Waals surface area contributed by atoms with Crippen LogP contribution >= 0.6 is 11.6 Å². The Morgan fingerprint density at radius 1 is 1.05 bits per heavy atom. The second-order valence-electron chi connectivity index (χ2n) is 4.92. The van der Waals surface area contributed by atoms with Gasteiger partial charge in [0.2, 0.25) is 0 Å². The van der Waals surface area contributed by atoms with Gasteiger partial charge in [0, 0.05) is 17.7 Å². The summed E-state index contributed by atoms with van der Waals surface area (Å²) in [6, 6.07) is 6.43. The maximum absolute atomic E-state index is 13.9. The second kappa shape index (κ2) is 6.50. The Morgan fingerprint density at radius 2 is 1.76 bits per heavy atom. The van der Waals surface area contributed by atoms with Crippen molar-refractivity contribution in [3.05, 3.63) is 69.5 Å². The van der Waals surface area contributed by atoms with Gasteiger partial charge in [-0.2, -0.15) is 0 Å². The third-order valence-electron chi connectivity index (χ3n) is 3.43. The topological polar surface area (TPSA) is 12.0 Å². The molecule has 2 rings (SSSR count). The summed E-state index contributed by atoms with van der Waals surface area (Å²) in [6.45, 7) is 1.58. The van der Waals surface area contributed by atoms with Gasteiger partial charge in [0.25, 0.3) is 0 Å². The van der Waals surface area contributed by atoms with Gasteiger partial charge in [0.1, 0.15) is 17.5 Å². The predicted octanol–water partition coefficient (Wildman–Crippen LogP) is 4.57. The van der Waals surface area contributed by atoms with Crippen molar-refractivity contribution >= 4 is 11.6 Å². The highest BCUT2D eigenvalue weighted by Crippen LogP contribution is 2.25. The monoisotopic (exact) mass is 313 g/mol. The van der Waals surface area contributed by atoms with E-state index in [1.54, 1.807) is 20.0 Å². The van der Waals surface area contributed by atoms with E-state index in [1.165, 1.54) is 18.2 Å². The smallest absolute Gasteiger partial charge is 0.142 e. The van der Waals surface area contributed by atoms with Crippen molar-refractivity contribution in [1.82, 2.24) is 5.32 Å². The zero-order chi connectivity index (χ0) is 15.6. The van der Waals surface area contributed by atoms with Gasteiger partial charge in [0.15, 0.2) is 0 Å². The first-order valence-corrected chi connectivity index (χ1v) is 6.87. The van der Waals surface area contributed by atoms with Crippen LogP contribution in [0.2, 0.25) is 5.02 Å². The average Bonchev–Trinajstić information content (AvgIpc) is 2.44. The molecular weight excluding hydrogens is 299 g/mol. The maximum atomic E-state index is 13.9. The van der Waals surface area contributed by atoms with Crippen LogP contribution in [-0.4, -0.2) is 7.05 Å². The molecule has 0 heterocycles. The molecule has 0 aromatic heterocycles. The Labute approximate surface area is 126 Å². The molecule has 112 valence electrons. The van der Waals surface area contributed by atoms with E-state index in [9.17, 15) is 13.2 Å². The van der Waals surface area contributed by atoms with Crippen molar-refractivity contribution < 1.29 is 13.2 Å². The van der Waals surface area contributed by atoms with Crippen LogP contribution in [0.3, 0.4) is 0 Å². The zero-order valence-electron chi connectivity index (χ0n) is 11.7. The highest BCUT2D eigenvalue weighted by atomic mass is 35.5. The van der Waals surface area contributed by atoms with Gasteiger partial charge in [-0.05, 0) is 49.7 Å². The number of halogens is 4. The van der Waals surface area contributed by atoms with Crippen molar-refractivity contribution in [2.45, 2.75) is 19.4 Å². The quantitative estimate of drug-likeness (QED) is 0.872. The SMILES string of the molecule is CNC(Cc1ccc(Cl)c(F)c1)c1cc(C)c(F)cc1F. The summed E-state index contributed by atoms with van der Waals surface area (Å²) in [5.74, 6) is -1.71. The van der Waals surface area contributed by atoms with Gasteiger partial charge in [0.05, 0.1) is 5.02 Å². The predicted molar refractivity (Wildman–Crippen MR) is 78.0 cm³/mol. The summed E-state index contributed by atoms with van der Waals surface area (Å²) in [5, 5.41) is 3.02. The molecule has 0 spiro atoms. The highest BCUT2D eigenvalue weighted by molar-refractivity contribution is 6.30. The number of benzene rings is 2. The fourth-order valence-electron chi connectivity index (χ4n) is 2.22. The standard InChI is InChI=1S/C16H15ClF3N/c1-9-5-11(14(19)8-13(9)18)16(21-2)7-10-3-4-12(17)15(20)6-10/h3-6,8,16,21H,7H2,1-2H3. The van der Waals surface area contributed by atoms with Gasteiger partial charge in [-0.15, -0.1) is 0 Å². The van der Waals surface area contributed by atoms with Gasteiger partial charge in [-0.25, -0.2) is 13.2 Å². The first-order chi connectivity index (χ1) is 9.92. The van der Waals surface area contributed by atoms with E-state index in [1.807, 2.05) is 0 Å². The first kappa shape index (κ1) is 15.9. The molecule has 0 saturated carbocycles. The molecule has 2 aromatic carbocycles. The minimum absolute atomic E-state index is 0.0450. The van der Waals surface area contributed by atoms with Crippen LogP contribution < -0.4 is 5.32 Å². The van der Waals surface area contributed by atoms with E-state index < -0.39 is 17.5 Å². The molecule has 0 aliphatic heterocycles. The number of likely N-dealkylation sites (N-methyl/N-ethyl adjacent to an activating group) is 1. The lowest BCUT2D eigenvalue weighted by Crippen LogP contribution is -2.20. The van der Waals surface area contributed by atoms with Crippen molar-refractivity contribution in [3.8, 4) is 0 Å². The Morgan fingerprint density at radius 3 is 2.38 bits per heavy atom. The van der Waals surface area contributed by atoms with Crippen LogP contribution in [0.25, 0.3) is 0 Å². The molecule has 1 nitrogen and oxygen atoms in total. The van der Waals surface area contributed by atoms with Gasteiger partial charge >= 0.3 is 0 Å². The molecule has 0 radical (unpaired) electrons. The largest absolute Gasteiger partial charge is 0.313 e. The summed E-state index contributed by atoms with van der Waals surface area (Å²) in [5.41, 5.74) is 1.40. The number of aryl methyl sites for hydroxylation is 1. The first-order valence-electron chi connectivity index (χ1n) is 6.49. The molecule has 21 heavy (non-hydrogen) atoms. The maximum Gasteiger partial charge on any atom is 0.142 e. The summed E-state index contributed by atoms with van der Waals surface area (Å²) >= 11 is 5.64. The van der Waals surface area contributed by atoms with E-state index in [0.717, 1.165) is 6.07 Å². The van der Waals surface area contributed by atoms with Crippen LogP contribution in [0.15, 0.2) is 30.3 Å². The molecule has 1 atom stereocenters. The Balaban J connectivity index is 2.31.